The molecule has 0 saturated heterocycles. The van der Waals surface area contributed by atoms with E-state index in [-0.39, 0.29) is 5.43 Å². The number of nitriles is 1. The lowest BCUT2D eigenvalue weighted by molar-refractivity contribution is 0.812. The maximum Gasteiger partial charge on any atom is 0.207 e. The highest BCUT2D eigenvalue weighted by Crippen LogP contribution is 2.41. The molecule has 0 spiro atoms. The molecule has 0 amide bonds. The molecular formula is C18H11N3OS2. The van der Waals surface area contributed by atoms with Crippen LogP contribution in [0.4, 0.5) is 5.82 Å². The molecule has 0 atom stereocenters. The highest BCUT2D eigenvalue weighted by Gasteiger charge is 2.27. The van der Waals surface area contributed by atoms with E-state index in [4.69, 9.17) is 0 Å². The Morgan fingerprint density at radius 2 is 2.17 bits per heavy atom. The highest BCUT2D eigenvalue weighted by atomic mass is 32.1. The fraction of sp³-hybridized carbons (Fsp3) is 0.111. The van der Waals surface area contributed by atoms with E-state index in [1.807, 2.05) is 29.0 Å². The van der Waals surface area contributed by atoms with Crippen molar-refractivity contribution < 1.29 is 0 Å². The summed E-state index contributed by atoms with van der Waals surface area (Å²) in [6.45, 7) is 1.61. The quantitative estimate of drug-likeness (QED) is 0.560. The Labute approximate surface area is 145 Å². The predicted octanol–water partition coefficient (Wildman–Crippen LogP) is 4.19. The number of hydrogen-bond acceptors (Lipinski definition) is 5. The SMILES string of the molecule is N#Cc1c2cc(-c3cccs3)n3c(c-2c(=O)c2sccc12)NCC3. The van der Waals surface area contributed by atoms with Gasteiger partial charge in [-0.2, -0.15) is 5.26 Å². The first-order valence-electron chi connectivity index (χ1n) is 7.58. The Balaban J connectivity index is 2.03. The van der Waals surface area contributed by atoms with E-state index in [2.05, 4.69) is 22.0 Å². The minimum absolute atomic E-state index is 0.0184. The van der Waals surface area contributed by atoms with Crippen LogP contribution in [0.15, 0.2) is 39.8 Å². The van der Waals surface area contributed by atoms with Crippen LogP contribution in [-0.2, 0) is 6.54 Å². The number of rotatable bonds is 1. The van der Waals surface area contributed by atoms with Crippen molar-refractivity contribution in [3.8, 4) is 27.8 Å². The van der Waals surface area contributed by atoms with Gasteiger partial charge in [-0.15, -0.1) is 22.7 Å². The van der Waals surface area contributed by atoms with Gasteiger partial charge in [-0.05, 0) is 29.0 Å². The van der Waals surface area contributed by atoms with Gasteiger partial charge >= 0.3 is 0 Å². The summed E-state index contributed by atoms with van der Waals surface area (Å²) in [6.07, 6.45) is 0. The second-order valence-corrected chi connectivity index (χ2v) is 7.57. The van der Waals surface area contributed by atoms with Crippen molar-refractivity contribution in [1.82, 2.24) is 4.57 Å². The van der Waals surface area contributed by atoms with E-state index in [1.54, 1.807) is 11.3 Å². The van der Waals surface area contributed by atoms with Crippen LogP contribution in [0, 0.1) is 11.3 Å². The van der Waals surface area contributed by atoms with Crippen LogP contribution in [0.5, 0.6) is 0 Å². The van der Waals surface area contributed by atoms with Gasteiger partial charge in [0.25, 0.3) is 0 Å². The average Bonchev–Trinajstić information content (AvgIpc) is 3.34. The molecule has 3 aliphatic rings. The number of aromatic nitrogens is 1. The minimum Gasteiger partial charge on any atom is -0.369 e. The number of nitrogens with one attached hydrogen (secondary N) is 1. The molecular weight excluding hydrogens is 338 g/mol. The molecule has 0 aromatic carbocycles. The third-order valence-corrected chi connectivity index (χ3v) is 6.30. The normalized spacial score (nSPS) is 13.1. The second-order valence-electron chi connectivity index (χ2n) is 5.70. The summed E-state index contributed by atoms with van der Waals surface area (Å²) >= 11 is 3.07. The van der Waals surface area contributed by atoms with Gasteiger partial charge in [0.1, 0.15) is 11.9 Å². The monoisotopic (exact) mass is 349 g/mol. The number of hydrogen-bond donors (Lipinski definition) is 1. The first-order valence-corrected chi connectivity index (χ1v) is 9.34. The van der Waals surface area contributed by atoms with Crippen LogP contribution in [0.1, 0.15) is 5.56 Å². The molecule has 6 heteroatoms. The summed E-state index contributed by atoms with van der Waals surface area (Å²) < 4.78 is 2.83. The largest absolute Gasteiger partial charge is 0.369 e. The molecule has 2 aromatic heterocycles. The number of anilines is 1. The molecule has 5 rings (SSSR count). The number of thiophene rings is 2. The van der Waals surface area contributed by atoms with E-state index >= 15 is 0 Å². The van der Waals surface area contributed by atoms with Gasteiger partial charge in [0.15, 0.2) is 0 Å². The third kappa shape index (κ3) is 1.68. The first kappa shape index (κ1) is 13.8. The van der Waals surface area contributed by atoms with Gasteiger partial charge in [-0.1, -0.05) is 6.07 Å². The van der Waals surface area contributed by atoms with E-state index < -0.39 is 0 Å². The average molecular weight is 349 g/mol. The predicted molar refractivity (Wildman–Crippen MR) is 99.2 cm³/mol. The maximum absolute atomic E-state index is 13.0. The van der Waals surface area contributed by atoms with Crippen molar-refractivity contribution in [3.05, 3.63) is 50.8 Å². The minimum atomic E-state index is 0.0184. The maximum atomic E-state index is 13.0. The van der Waals surface area contributed by atoms with Gasteiger partial charge in [-0.3, -0.25) is 4.79 Å². The van der Waals surface area contributed by atoms with Crippen molar-refractivity contribution in [2.24, 2.45) is 0 Å². The van der Waals surface area contributed by atoms with Crippen molar-refractivity contribution >= 4 is 38.6 Å². The van der Waals surface area contributed by atoms with Crippen LogP contribution < -0.4 is 10.7 Å². The molecule has 1 N–H and O–H groups in total. The Morgan fingerprint density at radius 3 is 2.96 bits per heavy atom. The van der Waals surface area contributed by atoms with Gasteiger partial charge in [0.2, 0.25) is 5.43 Å². The van der Waals surface area contributed by atoms with E-state index in [0.717, 1.165) is 40.4 Å². The van der Waals surface area contributed by atoms with Crippen LogP contribution >= 0.6 is 22.7 Å². The lowest BCUT2D eigenvalue weighted by Crippen LogP contribution is -2.13. The summed E-state index contributed by atoms with van der Waals surface area (Å²) in [6, 6.07) is 10.3. The summed E-state index contributed by atoms with van der Waals surface area (Å²) in [5, 5.41) is 17.8. The van der Waals surface area contributed by atoms with Crippen LogP contribution in [-0.4, -0.2) is 11.1 Å². The molecule has 0 bridgehead atoms. The van der Waals surface area contributed by atoms with Crippen molar-refractivity contribution in [2.75, 3.05) is 11.9 Å². The van der Waals surface area contributed by atoms with E-state index in [1.165, 1.54) is 11.3 Å². The van der Waals surface area contributed by atoms with Gasteiger partial charge in [0.05, 0.1) is 26.4 Å². The van der Waals surface area contributed by atoms with Crippen molar-refractivity contribution in [3.63, 3.8) is 0 Å². The third-order valence-electron chi connectivity index (χ3n) is 4.50. The van der Waals surface area contributed by atoms with Crippen molar-refractivity contribution in [1.29, 1.82) is 5.26 Å². The molecule has 0 saturated carbocycles. The zero-order valence-electron chi connectivity index (χ0n) is 12.5. The fourth-order valence-corrected chi connectivity index (χ4v) is 5.09. The van der Waals surface area contributed by atoms with E-state index in [9.17, 15) is 10.1 Å². The highest BCUT2D eigenvalue weighted by molar-refractivity contribution is 7.17. The molecule has 4 heterocycles. The summed E-state index contributed by atoms with van der Waals surface area (Å²) in [5.74, 6) is 0.840. The summed E-state index contributed by atoms with van der Waals surface area (Å²) in [4.78, 5) is 14.2. The molecule has 24 heavy (non-hydrogen) atoms. The zero-order valence-corrected chi connectivity index (χ0v) is 14.1. The summed E-state index contributed by atoms with van der Waals surface area (Å²) in [7, 11) is 0. The van der Waals surface area contributed by atoms with Crippen LogP contribution in [0.25, 0.3) is 31.8 Å². The molecule has 4 nitrogen and oxygen atoms in total. The lowest BCUT2D eigenvalue weighted by atomic mass is 9.94. The van der Waals surface area contributed by atoms with Gasteiger partial charge < -0.3 is 9.88 Å². The van der Waals surface area contributed by atoms with Crippen LogP contribution in [0.3, 0.4) is 0 Å². The molecule has 0 fully saturated rings. The Bertz CT molecular complexity index is 1160. The Morgan fingerprint density at radius 1 is 1.25 bits per heavy atom. The standard InChI is InChI=1S/C18H11N3OS2/c19-9-12-10-3-7-24-17(10)16(22)15-11(12)8-13(14-2-1-6-23-14)21-5-4-20-18(15)21/h1-3,6-8,20H,4-5H2. The number of benzene rings is 1. The topological polar surface area (TPSA) is 57.8 Å². The summed E-state index contributed by atoms with van der Waals surface area (Å²) in [5.41, 5.74) is 3.06. The van der Waals surface area contributed by atoms with Gasteiger partial charge in [0, 0.05) is 24.0 Å². The van der Waals surface area contributed by atoms with Crippen LogP contribution in [0.2, 0.25) is 0 Å². The Hall–Kier alpha value is -2.62. The second kappa shape index (κ2) is 4.94. The van der Waals surface area contributed by atoms with E-state index in [0.29, 0.717) is 15.8 Å². The first-order chi connectivity index (χ1) is 11.8. The number of pyridine rings is 1. The molecule has 2 aliphatic heterocycles. The van der Waals surface area contributed by atoms with Crippen molar-refractivity contribution in [2.45, 2.75) is 6.54 Å². The molecule has 2 aromatic rings. The zero-order chi connectivity index (χ0) is 16.3. The molecule has 1 aliphatic carbocycles. The molecule has 116 valence electrons. The molecule has 0 unspecified atom stereocenters. The molecule has 0 radical (unpaired) electrons. The number of nitrogens with zero attached hydrogens (tertiary/aromatic N) is 2. The smallest absolute Gasteiger partial charge is 0.207 e. The fourth-order valence-electron chi connectivity index (χ4n) is 3.49. The van der Waals surface area contributed by atoms with Gasteiger partial charge in [-0.25, -0.2) is 0 Å². The number of fused-ring (bicyclic) bond motifs is 4. The lowest BCUT2D eigenvalue weighted by Gasteiger charge is -2.18. The Kier molecular flexibility index (Phi) is 2.84.